The van der Waals surface area contributed by atoms with Crippen LogP contribution >= 0.6 is 23.2 Å². The predicted molar refractivity (Wildman–Crippen MR) is 94.7 cm³/mol. The average Bonchev–Trinajstić information content (AvgIpc) is 2.54. The van der Waals surface area contributed by atoms with E-state index in [9.17, 15) is 4.79 Å². The first-order valence-electron chi connectivity index (χ1n) is 7.80. The highest BCUT2D eigenvalue weighted by molar-refractivity contribution is 6.33. The predicted octanol–water partition coefficient (Wildman–Crippen LogP) is 3.83. The highest BCUT2D eigenvalue weighted by atomic mass is 35.5. The fourth-order valence-corrected chi connectivity index (χ4v) is 3.45. The summed E-state index contributed by atoms with van der Waals surface area (Å²) in [5.41, 5.74) is 1.31. The number of anilines is 1. The van der Waals surface area contributed by atoms with Gasteiger partial charge in [0.15, 0.2) is 0 Å². The van der Waals surface area contributed by atoms with E-state index < -0.39 is 0 Å². The Morgan fingerprint density at radius 2 is 2.09 bits per heavy atom. The quantitative estimate of drug-likeness (QED) is 0.843. The van der Waals surface area contributed by atoms with Crippen LogP contribution in [0.5, 0.6) is 0 Å². The standard InChI is InChI=1S/C17H19Cl2N3O/c1-12-5-4-8-21(10-12)15-9-20-22(17(23)16(15)19)11-13-6-2-3-7-14(13)18/h2-3,6-7,9,12H,4-5,8,10-11H2,1H3/t12-/m1/s1. The topological polar surface area (TPSA) is 38.1 Å². The zero-order valence-corrected chi connectivity index (χ0v) is 14.5. The SMILES string of the molecule is C[C@@H]1CCCN(c2cnn(Cc3ccccc3Cl)c(=O)c2Cl)C1. The van der Waals surface area contributed by atoms with E-state index in [1.165, 1.54) is 11.1 Å². The number of aromatic nitrogens is 2. The molecule has 0 N–H and O–H groups in total. The van der Waals surface area contributed by atoms with Gasteiger partial charge in [0.05, 0.1) is 18.4 Å². The Bertz CT molecular complexity index is 760. The van der Waals surface area contributed by atoms with Crippen LogP contribution in [0.25, 0.3) is 0 Å². The Hall–Kier alpha value is -1.52. The Morgan fingerprint density at radius 3 is 2.83 bits per heavy atom. The molecule has 2 heterocycles. The van der Waals surface area contributed by atoms with Crippen LogP contribution in [0, 0.1) is 5.92 Å². The molecule has 1 fully saturated rings. The van der Waals surface area contributed by atoms with Crippen LogP contribution < -0.4 is 10.5 Å². The van der Waals surface area contributed by atoms with Gasteiger partial charge in [0.1, 0.15) is 5.02 Å². The van der Waals surface area contributed by atoms with Crippen molar-refractivity contribution < 1.29 is 0 Å². The lowest BCUT2D eigenvalue weighted by Gasteiger charge is -2.32. The number of hydrogen-bond donors (Lipinski definition) is 0. The van der Waals surface area contributed by atoms with E-state index >= 15 is 0 Å². The Morgan fingerprint density at radius 1 is 1.30 bits per heavy atom. The summed E-state index contributed by atoms with van der Waals surface area (Å²) in [4.78, 5) is 14.7. The summed E-state index contributed by atoms with van der Waals surface area (Å²) < 4.78 is 1.36. The van der Waals surface area contributed by atoms with Crippen molar-refractivity contribution >= 4 is 28.9 Å². The molecule has 122 valence electrons. The molecule has 4 nitrogen and oxygen atoms in total. The summed E-state index contributed by atoms with van der Waals surface area (Å²) in [5.74, 6) is 0.602. The first-order valence-corrected chi connectivity index (χ1v) is 8.56. The highest BCUT2D eigenvalue weighted by Gasteiger charge is 2.21. The lowest BCUT2D eigenvalue weighted by Crippen LogP contribution is -2.36. The van der Waals surface area contributed by atoms with E-state index in [1.54, 1.807) is 12.3 Å². The third kappa shape index (κ3) is 3.54. The van der Waals surface area contributed by atoms with Crippen LogP contribution in [0.4, 0.5) is 5.69 Å². The molecule has 0 bridgehead atoms. The Kier molecular flexibility index (Phi) is 4.93. The second-order valence-corrected chi connectivity index (χ2v) is 6.88. The normalized spacial score (nSPS) is 18.2. The smallest absolute Gasteiger partial charge is 0.287 e. The van der Waals surface area contributed by atoms with Gasteiger partial charge in [-0.1, -0.05) is 48.3 Å². The maximum Gasteiger partial charge on any atom is 0.287 e. The first-order chi connectivity index (χ1) is 11.1. The molecular weight excluding hydrogens is 333 g/mol. The zero-order chi connectivity index (χ0) is 16.4. The summed E-state index contributed by atoms with van der Waals surface area (Å²) in [6.07, 6.45) is 4.02. The van der Waals surface area contributed by atoms with E-state index in [0.29, 0.717) is 17.5 Å². The highest BCUT2D eigenvalue weighted by Crippen LogP contribution is 2.26. The average molecular weight is 352 g/mol. The lowest BCUT2D eigenvalue weighted by atomic mass is 10.00. The molecule has 3 rings (SSSR count). The molecule has 0 aliphatic carbocycles. The molecule has 0 spiro atoms. The number of hydrogen-bond acceptors (Lipinski definition) is 3. The molecule has 6 heteroatoms. The minimum Gasteiger partial charge on any atom is -0.369 e. The summed E-state index contributed by atoms with van der Waals surface area (Å²) in [6.45, 7) is 4.36. The van der Waals surface area contributed by atoms with Gasteiger partial charge in [0.2, 0.25) is 0 Å². The number of piperidine rings is 1. The molecule has 0 amide bonds. The fourth-order valence-electron chi connectivity index (χ4n) is 2.99. The van der Waals surface area contributed by atoms with Crippen LogP contribution in [0.15, 0.2) is 35.3 Å². The molecule has 1 aromatic heterocycles. The van der Waals surface area contributed by atoms with E-state index in [-0.39, 0.29) is 10.6 Å². The molecule has 1 saturated heterocycles. The van der Waals surface area contributed by atoms with Crippen LogP contribution in [-0.2, 0) is 6.54 Å². The van der Waals surface area contributed by atoms with Gasteiger partial charge in [-0.2, -0.15) is 5.10 Å². The molecule has 23 heavy (non-hydrogen) atoms. The van der Waals surface area contributed by atoms with Crippen molar-refractivity contribution in [3.05, 3.63) is 56.4 Å². The summed E-state index contributed by atoms with van der Waals surface area (Å²) in [7, 11) is 0. The molecule has 2 aromatic rings. The molecule has 0 saturated carbocycles. The van der Waals surface area contributed by atoms with Crippen molar-refractivity contribution in [2.75, 3.05) is 18.0 Å². The Balaban J connectivity index is 1.89. The molecule has 0 radical (unpaired) electrons. The van der Waals surface area contributed by atoms with Crippen molar-refractivity contribution in [2.45, 2.75) is 26.3 Å². The number of halogens is 2. The second kappa shape index (κ2) is 6.93. The molecular formula is C17H19Cl2N3O. The van der Waals surface area contributed by atoms with Crippen molar-refractivity contribution in [3.63, 3.8) is 0 Å². The fraction of sp³-hybridized carbons (Fsp3) is 0.412. The van der Waals surface area contributed by atoms with Crippen molar-refractivity contribution in [1.82, 2.24) is 9.78 Å². The summed E-state index contributed by atoms with van der Waals surface area (Å²) in [5, 5.41) is 5.15. The second-order valence-electron chi connectivity index (χ2n) is 6.09. The number of benzene rings is 1. The largest absolute Gasteiger partial charge is 0.369 e. The summed E-state index contributed by atoms with van der Waals surface area (Å²) in [6, 6.07) is 7.42. The zero-order valence-electron chi connectivity index (χ0n) is 13.0. The van der Waals surface area contributed by atoms with Crippen molar-refractivity contribution in [3.8, 4) is 0 Å². The number of rotatable bonds is 3. The summed E-state index contributed by atoms with van der Waals surface area (Å²) >= 11 is 12.5. The van der Waals surface area contributed by atoms with Gasteiger partial charge in [0.25, 0.3) is 5.56 Å². The molecule has 1 atom stereocenters. The van der Waals surface area contributed by atoms with Gasteiger partial charge in [0, 0.05) is 18.1 Å². The van der Waals surface area contributed by atoms with Gasteiger partial charge in [-0.3, -0.25) is 4.79 Å². The van der Waals surface area contributed by atoms with E-state index in [1.807, 2.05) is 18.2 Å². The van der Waals surface area contributed by atoms with Gasteiger partial charge >= 0.3 is 0 Å². The van der Waals surface area contributed by atoms with Crippen LogP contribution in [0.2, 0.25) is 10.0 Å². The minimum atomic E-state index is -0.276. The molecule has 1 aliphatic rings. The van der Waals surface area contributed by atoms with Crippen molar-refractivity contribution in [1.29, 1.82) is 0 Å². The third-order valence-corrected chi connectivity index (χ3v) is 4.97. The number of nitrogens with zero attached hydrogens (tertiary/aromatic N) is 3. The van der Waals surface area contributed by atoms with E-state index in [0.717, 1.165) is 30.8 Å². The van der Waals surface area contributed by atoms with Gasteiger partial charge in [-0.15, -0.1) is 0 Å². The maximum absolute atomic E-state index is 12.5. The first kappa shape index (κ1) is 16.3. The minimum absolute atomic E-state index is 0.237. The Labute approximate surface area is 145 Å². The third-order valence-electron chi connectivity index (χ3n) is 4.24. The van der Waals surface area contributed by atoms with Gasteiger partial charge in [-0.05, 0) is 30.4 Å². The van der Waals surface area contributed by atoms with Crippen LogP contribution in [0.3, 0.4) is 0 Å². The lowest BCUT2D eigenvalue weighted by molar-refractivity contribution is 0.445. The molecule has 1 aliphatic heterocycles. The molecule has 0 unspecified atom stereocenters. The van der Waals surface area contributed by atoms with Crippen molar-refractivity contribution in [2.24, 2.45) is 5.92 Å². The van der Waals surface area contributed by atoms with Gasteiger partial charge < -0.3 is 4.90 Å². The van der Waals surface area contributed by atoms with Gasteiger partial charge in [-0.25, -0.2) is 4.68 Å². The molecule has 1 aromatic carbocycles. The van der Waals surface area contributed by atoms with E-state index in [2.05, 4.69) is 16.9 Å². The van der Waals surface area contributed by atoms with Crippen LogP contribution in [-0.4, -0.2) is 22.9 Å². The van der Waals surface area contributed by atoms with E-state index in [4.69, 9.17) is 23.2 Å². The van der Waals surface area contributed by atoms with Crippen LogP contribution in [0.1, 0.15) is 25.3 Å². The monoisotopic (exact) mass is 351 g/mol. The maximum atomic E-state index is 12.5.